The highest BCUT2D eigenvalue weighted by Gasteiger charge is 2.15. The maximum absolute atomic E-state index is 13.0. The molecule has 4 heteroatoms. The summed E-state index contributed by atoms with van der Waals surface area (Å²) in [7, 11) is 0. The van der Waals surface area contributed by atoms with Crippen molar-refractivity contribution in [3.05, 3.63) is 29.6 Å². The van der Waals surface area contributed by atoms with E-state index in [0.717, 1.165) is 12.3 Å². The number of carbonyl (C=O) groups excluding carboxylic acids is 1. The van der Waals surface area contributed by atoms with Crippen molar-refractivity contribution in [1.82, 2.24) is 5.32 Å². The number of benzene rings is 1. The van der Waals surface area contributed by atoms with Gasteiger partial charge < -0.3 is 5.32 Å². The van der Waals surface area contributed by atoms with E-state index in [1.807, 2.05) is 0 Å². The zero-order chi connectivity index (χ0) is 13.0. The molecular formula is C14H18FNOS. The first-order valence-corrected chi connectivity index (χ1v) is 6.88. The van der Waals surface area contributed by atoms with Gasteiger partial charge in [-0.2, -0.15) is 0 Å². The Morgan fingerprint density at radius 1 is 1.39 bits per heavy atom. The third kappa shape index (κ3) is 3.48. The van der Waals surface area contributed by atoms with Crippen LogP contribution in [0.4, 0.5) is 4.39 Å². The largest absolute Gasteiger partial charge is 0.352 e. The van der Waals surface area contributed by atoms with E-state index in [2.05, 4.69) is 17.9 Å². The summed E-state index contributed by atoms with van der Waals surface area (Å²) in [5.41, 5.74) is 0.466. The van der Waals surface area contributed by atoms with Crippen molar-refractivity contribution < 1.29 is 9.18 Å². The number of nitrogens with one attached hydrogen (secondary N) is 1. The second-order valence-corrected chi connectivity index (χ2v) is 5.34. The zero-order valence-electron chi connectivity index (χ0n) is 10.3. The zero-order valence-corrected chi connectivity index (χ0v) is 11.2. The molecule has 1 saturated carbocycles. The molecule has 1 N–H and O–H groups in total. The number of hydrogen-bond acceptors (Lipinski definition) is 2. The summed E-state index contributed by atoms with van der Waals surface area (Å²) < 4.78 is 13.0. The number of halogens is 1. The third-order valence-electron chi connectivity index (χ3n) is 3.52. The molecule has 1 aromatic carbocycles. The minimum absolute atomic E-state index is 0.150. The second kappa shape index (κ2) is 6.23. The predicted octanol–water partition coefficient (Wildman–Crippen LogP) is 3.42. The summed E-state index contributed by atoms with van der Waals surface area (Å²) in [5.74, 6) is 0.211. The molecule has 0 heterocycles. The van der Waals surface area contributed by atoms with Gasteiger partial charge in [-0.15, -0.1) is 12.6 Å². The minimum Gasteiger partial charge on any atom is -0.352 e. The average molecular weight is 267 g/mol. The van der Waals surface area contributed by atoms with E-state index in [1.165, 1.54) is 43.9 Å². The van der Waals surface area contributed by atoms with Gasteiger partial charge in [-0.25, -0.2) is 4.39 Å². The van der Waals surface area contributed by atoms with E-state index in [9.17, 15) is 9.18 Å². The van der Waals surface area contributed by atoms with Gasteiger partial charge in [-0.3, -0.25) is 4.79 Å². The molecular weight excluding hydrogens is 249 g/mol. The van der Waals surface area contributed by atoms with Gasteiger partial charge >= 0.3 is 0 Å². The Hall–Kier alpha value is -1.03. The van der Waals surface area contributed by atoms with E-state index in [0.29, 0.717) is 12.1 Å². The van der Waals surface area contributed by atoms with E-state index >= 15 is 0 Å². The normalized spacial score (nSPS) is 15.9. The number of hydrogen-bond donors (Lipinski definition) is 2. The summed E-state index contributed by atoms with van der Waals surface area (Å²) >= 11 is 3.97. The van der Waals surface area contributed by atoms with Crippen LogP contribution in [0.1, 0.15) is 42.5 Å². The monoisotopic (exact) mass is 267 g/mol. The Morgan fingerprint density at radius 3 is 2.78 bits per heavy atom. The lowest BCUT2D eigenvalue weighted by molar-refractivity contribution is 0.0951. The first-order valence-electron chi connectivity index (χ1n) is 6.43. The van der Waals surface area contributed by atoms with Crippen molar-refractivity contribution >= 4 is 18.5 Å². The Bertz CT molecular complexity index is 430. The van der Waals surface area contributed by atoms with Crippen LogP contribution >= 0.6 is 12.6 Å². The fourth-order valence-corrected chi connectivity index (χ4v) is 2.66. The Morgan fingerprint density at radius 2 is 2.11 bits per heavy atom. The highest BCUT2D eigenvalue weighted by molar-refractivity contribution is 7.80. The number of amides is 1. The Kier molecular flexibility index (Phi) is 4.64. The molecule has 0 saturated heterocycles. The van der Waals surface area contributed by atoms with Crippen molar-refractivity contribution in [1.29, 1.82) is 0 Å². The summed E-state index contributed by atoms with van der Waals surface area (Å²) in [4.78, 5) is 12.0. The lowest BCUT2D eigenvalue weighted by atomic mass is 10.0. The fraction of sp³-hybridized carbons (Fsp3) is 0.500. The lowest BCUT2D eigenvalue weighted by Gasteiger charge is -2.10. The molecule has 0 unspecified atom stereocenters. The molecule has 2 nitrogen and oxygen atoms in total. The van der Waals surface area contributed by atoms with Gasteiger partial charge in [0.25, 0.3) is 5.91 Å². The maximum atomic E-state index is 13.0. The maximum Gasteiger partial charge on any atom is 0.251 e. The van der Waals surface area contributed by atoms with E-state index in [-0.39, 0.29) is 10.8 Å². The van der Waals surface area contributed by atoms with Crippen LogP contribution < -0.4 is 5.32 Å². The van der Waals surface area contributed by atoms with Crippen LogP contribution in [0, 0.1) is 11.7 Å². The van der Waals surface area contributed by atoms with Crippen molar-refractivity contribution in [2.24, 2.45) is 5.92 Å². The standard InChI is InChI=1S/C14H18FNOS/c15-12-6-5-11(9-13(12)18)14(17)16-8-7-10-3-1-2-4-10/h5-6,9-10,18H,1-4,7-8H2,(H,16,17). The van der Waals surface area contributed by atoms with Crippen LogP contribution in [0.5, 0.6) is 0 Å². The van der Waals surface area contributed by atoms with Crippen molar-refractivity contribution in [3.63, 3.8) is 0 Å². The van der Waals surface area contributed by atoms with Crippen LogP contribution in [0.2, 0.25) is 0 Å². The summed E-state index contributed by atoms with van der Waals surface area (Å²) in [6, 6.07) is 4.22. The smallest absolute Gasteiger partial charge is 0.251 e. The minimum atomic E-state index is -0.402. The second-order valence-electron chi connectivity index (χ2n) is 4.86. The first kappa shape index (κ1) is 13.4. The lowest BCUT2D eigenvalue weighted by Crippen LogP contribution is -2.25. The van der Waals surface area contributed by atoms with Gasteiger partial charge in [0.1, 0.15) is 5.82 Å². The van der Waals surface area contributed by atoms with Gasteiger partial charge in [-0.1, -0.05) is 25.7 Å². The van der Waals surface area contributed by atoms with E-state index in [4.69, 9.17) is 0 Å². The molecule has 1 aromatic rings. The molecule has 0 spiro atoms. The van der Waals surface area contributed by atoms with Crippen molar-refractivity contribution in [2.75, 3.05) is 6.54 Å². The van der Waals surface area contributed by atoms with Crippen LogP contribution in [0.3, 0.4) is 0 Å². The van der Waals surface area contributed by atoms with E-state index in [1.54, 1.807) is 0 Å². The van der Waals surface area contributed by atoms with Gasteiger partial charge in [0.15, 0.2) is 0 Å². The van der Waals surface area contributed by atoms with Gasteiger partial charge in [0.05, 0.1) is 0 Å². The highest BCUT2D eigenvalue weighted by Crippen LogP contribution is 2.26. The topological polar surface area (TPSA) is 29.1 Å². The van der Waals surface area contributed by atoms with Crippen molar-refractivity contribution in [3.8, 4) is 0 Å². The van der Waals surface area contributed by atoms with Gasteiger partial charge in [0.2, 0.25) is 0 Å². The highest BCUT2D eigenvalue weighted by atomic mass is 32.1. The van der Waals surface area contributed by atoms with Crippen LogP contribution in [0.25, 0.3) is 0 Å². The molecule has 98 valence electrons. The molecule has 0 aromatic heterocycles. The molecule has 1 aliphatic carbocycles. The quantitative estimate of drug-likeness (QED) is 0.804. The van der Waals surface area contributed by atoms with Crippen LogP contribution in [0.15, 0.2) is 23.1 Å². The molecule has 1 fully saturated rings. The molecule has 18 heavy (non-hydrogen) atoms. The SMILES string of the molecule is O=C(NCCC1CCCC1)c1ccc(F)c(S)c1. The van der Waals surface area contributed by atoms with Crippen molar-refractivity contribution in [2.45, 2.75) is 37.0 Å². The fourth-order valence-electron chi connectivity index (χ4n) is 2.44. The molecule has 2 rings (SSSR count). The Balaban J connectivity index is 1.81. The summed E-state index contributed by atoms with van der Waals surface area (Å²) in [6.45, 7) is 0.697. The summed E-state index contributed by atoms with van der Waals surface area (Å²) in [6.07, 6.45) is 6.25. The Labute approximate surface area is 112 Å². The average Bonchev–Trinajstić information content (AvgIpc) is 2.85. The van der Waals surface area contributed by atoms with Crippen LogP contribution in [-0.2, 0) is 0 Å². The molecule has 0 bridgehead atoms. The van der Waals surface area contributed by atoms with Crippen LogP contribution in [-0.4, -0.2) is 12.5 Å². The number of rotatable bonds is 4. The van der Waals surface area contributed by atoms with Gasteiger partial charge in [-0.05, 0) is 30.5 Å². The third-order valence-corrected chi connectivity index (χ3v) is 3.86. The first-order chi connectivity index (χ1) is 8.66. The molecule has 0 radical (unpaired) electrons. The van der Waals surface area contributed by atoms with E-state index < -0.39 is 5.82 Å². The molecule has 1 amide bonds. The number of carbonyl (C=O) groups is 1. The van der Waals surface area contributed by atoms with Gasteiger partial charge in [0, 0.05) is 17.0 Å². The predicted molar refractivity (Wildman–Crippen MR) is 72.6 cm³/mol. The molecule has 0 atom stereocenters. The summed E-state index contributed by atoms with van der Waals surface area (Å²) in [5, 5.41) is 2.88. The molecule has 1 aliphatic rings. The number of thiol groups is 1. The molecule has 0 aliphatic heterocycles.